The minimum Gasteiger partial charge on any atom is -0.316 e. The predicted octanol–water partition coefficient (Wildman–Crippen LogP) is 3.80. The van der Waals surface area contributed by atoms with Crippen LogP contribution in [-0.4, -0.2) is 30.6 Å². The van der Waals surface area contributed by atoms with Crippen molar-refractivity contribution in [2.24, 2.45) is 5.92 Å². The van der Waals surface area contributed by atoms with Crippen molar-refractivity contribution < 1.29 is 4.39 Å². The second kappa shape index (κ2) is 7.53. The normalized spacial score (nSPS) is 19.8. The van der Waals surface area contributed by atoms with Crippen LogP contribution in [0.25, 0.3) is 0 Å². The third kappa shape index (κ3) is 4.54. The molecule has 1 N–H and O–H groups in total. The van der Waals surface area contributed by atoms with Crippen LogP contribution in [-0.2, 0) is 6.54 Å². The van der Waals surface area contributed by atoms with E-state index in [0.717, 1.165) is 29.7 Å². The minimum atomic E-state index is -0.111. The second-order valence-electron chi connectivity index (χ2n) is 5.97. The summed E-state index contributed by atoms with van der Waals surface area (Å²) >= 11 is 3.43. The largest absolute Gasteiger partial charge is 0.316 e. The number of benzene rings is 1. The van der Waals surface area contributed by atoms with Gasteiger partial charge in [0, 0.05) is 29.2 Å². The molecular weight excluding hydrogens is 319 g/mol. The minimum absolute atomic E-state index is 0.111. The molecule has 1 aliphatic rings. The lowest BCUT2D eigenvalue weighted by Crippen LogP contribution is -2.40. The summed E-state index contributed by atoms with van der Waals surface area (Å²) in [5, 5.41) is 3.46. The average Bonchev–Trinajstić information content (AvgIpc) is 2.43. The molecule has 0 amide bonds. The van der Waals surface area contributed by atoms with E-state index >= 15 is 0 Å². The SMILES string of the molecule is CC(C)N(Cc1cc(Br)ccc1F)CC1CCCNC1. The summed E-state index contributed by atoms with van der Waals surface area (Å²) in [5.74, 6) is 0.571. The van der Waals surface area contributed by atoms with Crippen LogP contribution < -0.4 is 5.32 Å². The predicted molar refractivity (Wildman–Crippen MR) is 85.2 cm³/mol. The molecule has 1 fully saturated rings. The standard InChI is InChI=1S/C16H24BrFN2/c1-12(2)20(10-13-4-3-7-19-9-13)11-14-8-15(17)5-6-16(14)18/h5-6,8,12-13,19H,3-4,7,9-11H2,1-2H3. The zero-order valence-corrected chi connectivity index (χ0v) is 13.9. The molecule has 0 saturated carbocycles. The fourth-order valence-electron chi connectivity index (χ4n) is 2.75. The van der Waals surface area contributed by atoms with Crippen LogP contribution >= 0.6 is 15.9 Å². The van der Waals surface area contributed by atoms with E-state index < -0.39 is 0 Å². The maximum atomic E-state index is 13.9. The van der Waals surface area contributed by atoms with Crippen molar-refractivity contribution in [2.45, 2.75) is 39.3 Å². The summed E-state index contributed by atoms with van der Waals surface area (Å²) < 4.78 is 14.9. The Morgan fingerprint density at radius 1 is 1.45 bits per heavy atom. The van der Waals surface area contributed by atoms with E-state index in [-0.39, 0.29) is 5.82 Å². The van der Waals surface area contributed by atoms with E-state index in [2.05, 4.69) is 40.0 Å². The average molecular weight is 343 g/mol. The van der Waals surface area contributed by atoms with Crippen LogP contribution in [0.2, 0.25) is 0 Å². The Labute approximate surface area is 129 Å². The first-order valence-corrected chi connectivity index (χ1v) is 8.24. The van der Waals surface area contributed by atoms with Gasteiger partial charge in [-0.2, -0.15) is 0 Å². The van der Waals surface area contributed by atoms with Gasteiger partial charge < -0.3 is 5.32 Å². The molecule has 1 heterocycles. The third-order valence-electron chi connectivity index (χ3n) is 4.00. The number of piperidine rings is 1. The first kappa shape index (κ1) is 15.9. The van der Waals surface area contributed by atoms with E-state index in [4.69, 9.17) is 0 Å². The molecule has 20 heavy (non-hydrogen) atoms. The molecule has 1 saturated heterocycles. The Morgan fingerprint density at radius 2 is 2.25 bits per heavy atom. The van der Waals surface area contributed by atoms with Crippen molar-refractivity contribution in [1.82, 2.24) is 10.2 Å². The molecule has 0 aromatic heterocycles. The van der Waals surface area contributed by atoms with Crippen molar-refractivity contribution in [1.29, 1.82) is 0 Å². The van der Waals surface area contributed by atoms with Gasteiger partial charge in [0.1, 0.15) is 5.82 Å². The second-order valence-corrected chi connectivity index (χ2v) is 6.89. The lowest BCUT2D eigenvalue weighted by molar-refractivity contribution is 0.162. The van der Waals surface area contributed by atoms with Crippen LogP contribution in [0.5, 0.6) is 0 Å². The molecule has 1 aromatic carbocycles. The van der Waals surface area contributed by atoms with E-state index in [0.29, 0.717) is 18.5 Å². The van der Waals surface area contributed by atoms with Crippen LogP contribution in [0.4, 0.5) is 4.39 Å². The van der Waals surface area contributed by atoms with E-state index in [9.17, 15) is 4.39 Å². The molecule has 2 rings (SSSR count). The van der Waals surface area contributed by atoms with Crippen molar-refractivity contribution in [3.05, 3.63) is 34.1 Å². The summed E-state index contributed by atoms with van der Waals surface area (Å²) in [4.78, 5) is 2.38. The topological polar surface area (TPSA) is 15.3 Å². The Bertz CT molecular complexity index is 430. The smallest absolute Gasteiger partial charge is 0.127 e. The van der Waals surface area contributed by atoms with Crippen molar-refractivity contribution in [3.63, 3.8) is 0 Å². The molecule has 2 nitrogen and oxygen atoms in total. The molecule has 4 heteroatoms. The molecule has 0 aliphatic carbocycles. The molecule has 1 aromatic rings. The number of hydrogen-bond acceptors (Lipinski definition) is 2. The zero-order chi connectivity index (χ0) is 14.5. The molecule has 112 valence electrons. The monoisotopic (exact) mass is 342 g/mol. The van der Waals surface area contributed by atoms with Crippen LogP contribution in [0.1, 0.15) is 32.3 Å². The fourth-order valence-corrected chi connectivity index (χ4v) is 3.16. The van der Waals surface area contributed by atoms with Gasteiger partial charge in [0.15, 0.2) is 0 Å². The maximum absolute atomic E-state index is 13.9. The fraction of sp³-hybridized carbons (Fsp3) is 0.625. The van der Waals surface area contributed by atoms with E-state index in [1.165, 1.54) is 12.8 Å². The van der Waals surface area contributed by atoms with Gasteiger partial charge in [0.05, 0.1) is 0 Å². The summed E-state index contributed by atoms with van der Waals surface area (Å²) in [5.41, 5.74) is 0.775. The molecule has 1 unspecified atom stereocenters. The van der Waals surface area contributed by atoms with Crippen LogP contribution in [0, 0.1) is 11.7 Å². The molecule has 0 radical (unpaired) electrons. The third-order valence-corrected chi connectivity index (χ3v) is 4.50. The van der Waals surface area contributed by atoms with Gasteiger partial charge in [-0.25, -0.2) is 4.39 Å². The van der Waals surface area contributed by atoms with E-state index in [1.54, 1.807) is 12.1 Å². The number of nitrogens with one attached hydrogen (secondary N) is 1. The lowest BCUT2D eigenvalue weighted by atomic mass is 9.98. The highest BCUT2D eigenvalue weighted by Gasteiger charge is 2.20. The Hall–Kier alpha value is -0.450. The Kier molecular flexibility index (Phi) is 6.00. The summed E-state index contributed by atoms with van der Waals surface area (Å²) in [6.07, 6.45) is 2.53. The van der Waals surface area contributed by atoms with Gasteiger partial charge in [-0.05, 0) is 63.9 Å². The van der Waals surface area contributed by atoms with Gasteiger partial charge in [0.2, 0.25) is 0 Å². The van der Waals surface area contributed by atoms with Crippen LogP contribution in [0.15, 0.2) is 22.7 Å². The number of halogens is 2. The highest BCUT2D eigenvalue weighted by Crippen LogP contribution is 2.20. The highest BCUT2D eigenvalue weighted by molar-refractivity contribution is 9.10. The Morgan fingerprint density at radius 3 is 2.90 bits per heavy atom. The summed E-state index contributed by atoms with van der Waals surface area (Å²) in [6.45, 7) is 8.32. The maximum Gasteiger partial charge on any atom is 0.127 e. The van der Waals surface area contributed by atoms with Gasteiger partial charge in [0.25, 0.3) is 0 Å². The van der Waals surface area contributed by atoms with Crippen LogP contribution in [0.3, 0.4) is 0 Å². The van der Waals surface area contributed by atoms with Gasteiger partial charge >= 0.3 is 0 Å². The quantitative estimate of drug-likeness (QED) is 0.875. The Balaban J connectivity index is 2.02. The molecule has 0 spiro atoms. The zero-order valence-electron chi connectivity index (χ0n) is 12.3. The van der Waals surface area contributed by atoms with Crippen molar-refractivity contribution >= 4 is 15.9 Å². The number of hydrogen-bond donors (Lipinski definition) is 1. The van der Waals surface area contributed by atoms with Crippen molar-refractivity contribution in [3.8, 4) is 0 Å². The van der Waals surface area contributed by atoms with Gasteiger partial charge in [-0.15, -0.1) is 0 Å². The van der Waals surface area contributed by atoms with Gasteiger partial charge in [-0.1, -0.05) is 15.9 Å². The number of nitrogens with zero attached hydrogens (tertiary/aromatic N) is 1. The first-order chi connectivity index (χ1) is 9.56. The molecule has 0 bridgehead atoms. The number of rotatable bonds is 5. The highest BCUT2D eigenvalue weighted by atomic mass is 79.9. The molecule has 1 atom stereocenters. The van der Waals surface area contributed by atoms with Gasteiger partial charge in [-0.3, -0.25) is 4.90 Å². The molecular formula is C16H24BrFN2. The summed E-state index contributed by atoms with van der Waals surface area (Å²) in [7, 11) is 0. The lowest BCUT2D eigenvalue weighted by Gasteiger charge is -2.33. The summed E-state index contributed by atoms with van der Waals surface area (Å²) in [6, 6.07) is 5.61. The van der Waals surface area contributed by atoms with E-state index in [1.807, 2.05) is 6.07 Å². The first-order valence-electron chi connectivity index (χ1n) is 7.45. The van der Waals surface area contributed by atoms with Crippen molar-refractivity contribution in [2.75, 3.05) is 19.6 Å². The molecule has 1 aliphatic heterocycles.